The van der Waals surface area contributed by atoms with Crippen LogP contribution in [0.25, 0.3) is 0 Å². The molecule has 1 saturated heterocycles. The smallest absolute Gasteiger partial charge is 0.275 e. The molecular weight excluding hydrogens is 312 g/mol. The number of quaternary nitrogens is 1. The topological polar surface area (TPSA) is 79.8 Å². The molecule has 0 unspecified atom stereocenters. The molecule has 2 atom stereocenters. The number of nitrogens with one attached hydrogen (secondary N) is 1. The molecule has 1 heterocycles. The number of nitrogens with two attached hydrogens (primary N) is 1. The summed E-state index contributed by atoms with van der Waals surface area (Å²) >= 11 is 5.84. The fourth-order valence-corrected chi connectivity index (χ4v) is 4.18. The molecule has 1 amide bonds. The summed E-state index contributed by atoms with van der Waals surface area (Å²) in [7, 11) is -2.96. The number of amides is 1. The van der Waals surface area contributed by atoms with Gasteiger partial charge in [0.1, 0.15) is 6.04 Å². The van der Waals surface area contributed by atoms with Crippen molar-refractivity contribution in [3.63, 3.8) is 0 Å². The number of hydrogen-bond donors (Lipinski definition) is 2. The predicted octanol–water partition coefficient (Wildman–Crippen LogP) is 0.268. The average molecular weight is 332 g/mol. The highest BCUT2D eigenvalue weighted by atomic mass is 35.5. The van der Waals surface area contributed by atoms with Crippen LogP contribution >= 0.6 is 11.6 Å². The average Bonchev–Trinajstić information content (AvgIpc) is 2.76. The SMILES string of the molecule is C[C@H]([NH2+]CC(=O)N[C@H]1CCS(=O)(=O)C1)c1ccc(Cl)cc1. The Balaban J connectivity index is 1.77. The Kier molecular flexibility index (Phi) is 5.24. The molecule has 21 heavy (non-hydrogen) atoms. The van der Waals surface area contributed by atoms with Crippen LogP contribution in [-0.4, -0.2) is 38.4 Å². The van der Waals surface area contributed by atoms with Crippen LogP contribution in [0.5, 0.6) is 0 Å². The quantitative estimate of drug-likeness (QED) is 0.812. The number of rotatable bonds is 5. The molecule has 3 N–H and O–H groups in total. The van der Waals surface area contributed by atoms with Gasteiger partial charge in [-0.3, -0.25) is 4.79 Å². The Bertz CT molecular complexity index is 601. The summed E-state index contributed by atoms with van der Waals surface area (Å²) < 4.78 is 22.7. The van der Waals surface area contributed by atoms with Gasteiger partial charge in [0.05, 0.1) is 11.5 Å². The summed E-state index contributed by atoms with van der Waals surface area (Å²) in [5, 5.41) is 5.38. The van der Waals surface area contributed by atoms with Crippen LogP contribution in [-0.2, 0) is 14.6 Å². The first-order valence-electron chi connectivity index (χ1n) is 6.94. The Morgan fingerprint density at radius 3 is 2.67 bits per heavy atom. The molecule has 1 fully saturated rings. The van der Waals surface area contributed by atoms with Gasteiger partial charge < -0.3 is 10.6 Å². The molecule has 1 aromatic rings. The van der Waals surface area contributed by atoms with Gasteiger partial charge in [0.15, 0.2) is 16.4 Å². The number of hydrogen-bond acceptors (Lipinski definition) is 3. The Morgan fingerprint density at radius 1 is 1.43 bits per heavy atom. The summed E-state index contributed by atoms with van der Waals surface area (Å²) in [6, 6.07) is 7.42. The first-order valence-corrected chi connectivity index (χ1v) is 9.14. The minimum atomic E-state index is -2.96. The highest BCUT2D eigenvalue weighted by molar-refractivity contribution is 7.91. The molecule has 5 nitrogen and oxygen atoms in total. The molecule has 1 aromatic carbocycles. The van der Waals surface area contributed by atoms with E-state index in [-0.39, 0.29) is 36.0 Å². The van der Waals surface area contributed by atoms with E-state index in [0.29, 0.717) is 11.4 Å². The van der Waals surface area contributed by atoms with Crippen molar-refractivity contribution in [2.45, 2.75) is 25.4 Å². The van der Waals surface area contributed by atoms with Gasteiger partial charge in [0.2, 0.25) is 0 Å². The standard InChI is InChI=1S/C14H19ClN2O3S/c1-10(11-2-4-12(15)5-3-11)16-8-14(18)17-13-6-7-21(19,20)9-13/h2-5,10,13,16H,6-9H2,1H3,(H,17,18)/p+1/t10-,13-/m0/s1. The van der Waals surface area contributed by atoms with E-state index in [4.69, 9.17) is 11.6 Å². The first-order chi connectivity index (χ1) is 9.85. The van der Waals surface area contributed by atoms with Gasteiger partial charge in [-0.1, -0.05) is 23.7 Å². The summed E-state index contributed by atoms with van der Waals surface area (Å²) in [4.78, 5) is 11.8. The van der Waals surface area contributed by atoms with Crippen molar-refractivity contribution in [3.05, 3.63) is 34.9 Å². The second-order valence-corrected chi connectivity index (χ2v) is 8.11. The van der Waals surface area contributed by atoms with Crippen molar-refractivity contribution in [2.75, 3.05) is 18.1 Å². The van der Waals surface area contributed by atoms with E-state index in [2.05, 4.69) is 5.32 Å². The van der Waals surface area contributed by atoms with Crippen LogP contribution < -0.4 is 10.6 Å². The van der Waals surface area contributed by atoms with Gasteiger partial charge in [0, 0.05) is 16.6 Å². The van der Waals surface area contributed by atoms with Crippen molar-refractivity contribution in [1.82, 2.24) is 5.32 Å². The van der Waals surface area contributed by atoms with Crippen molar-refractivity contribution >= 4 is 27.3 Å². The lowest BCUT2D eigenvalue weighted by Gasteiger charge is -2.13. The second-order valence-electron chi connectivity index (χ2n) is 5.45. The molecule has 116 valence electrons. The number of benzene rings is 1. The zero-order valence-corrected chi connectivity index (χ0v) is 13.5. The molecular formula is C14H20ClN2O3S+. The van der Waals surface area contributed by atoms with E-state index in [1.807, 2.05) is 36.5 Å². The van der Waals surface area contributed by atoms with Crippen molar-refractivity contribution < 1.29 is 18.5 Å². The van der Waals surface area contributed by atoms with Gasteiger partial charge in [0.25, 0.3) is 5.91 Å². The van der Waals surface area contributed by atoms with E-state index < -0.39 is 9.84 Å². The van der Waals surface area contributed by atoms with Gasteiger partial charge in [-0.05, 0) is 25.5 Å². The van der Waals surface area contributed by atoms with Crippen molar-refractivity contribution in [3.8, 4) is 0 Å². The van der Waals surface area contributed by atoms with Crippen molar-refractivity contribution in [2.24, 2.45) is 0 Å². The largest absolute Gasteiger partial charge is 0.347 e. The van der Waals surface area contributed by atoms with Crippen LogP contribution in [0.2, 0.25) is 5.02 Å². The third-order valence-electron chi connectivity index (χ3n) is 3.65. The van der Waals surface area contributed by atoms with Crippen LogP contribution in [0.3, 0.4) is 0 Å². The third kappa shape index (κ3) is 4.98. The molecule has 0 saturated carbocycles. The zero-order chi connectivity index (χ0) is 15.5. The van der Waals surface area contributed by atoms with Crippen LogP contribution in [0.4, 0.5) is 0 Å². The van der Waals surface area contributed by atoms with Crippen LogP contribution in [0.15, 0.2) is 24.3 Å². The van der Waals surface area contributed by atoms with E-state index >= 15 is 0 Å². The molecule has 0 spiro atoms. The summed E-state index contributed by atoms with van der Waals surface area (Å²) in [6.07, 6.45) is 0.515. The minimum absolute atomic E-state index is 0.0610. The molecule has 0 bridgehead atoms. The first kappa shape index (κ1) is 16.3. The van der Waals surface area contributed by atoms with Crippen molar-refractivity contribution in [1.29, 1.82) is 0 Å². The van der Waals surface area contributed by atoms with Crippen LogP contribution in [0.1, 0.15) is 24.9 Å². The summed E-state index contributed by atoms with van der Waals surface area (Å²) in [5.74, 6) is 0.104. The van der Waals surface area contributed by atoms with Gasteiger partial charge in [-0.2, -0.15) is 0 Å². The Hall–Kier alpha value is -1.11. The highest BCUT2D eigenvalue weighted by Crippen LogP contribution is 2.13. The Labute approximate surface area is 130 Å². The number of carbonyl (C=O) groups excluding carboxylic acids is 1. The molecule has 1 aliphatic heterocycles. The fraction of sp³-hybridized carbons (Fsp3) is 0.500. The van der Waals surface area contributed by atoms with Gasteiger partial charge in [-0.15, -0.1) is 0 Å². The van der Waals surface area contributed by atoms with E-state index in [1.165, 1.54) is 0 Å². The second kappa shape index (κ2) is 6.77. The lowest BCUT2D eigenvalue weighted by atomic mass is 10.1. The van der Waals surface area contributed by atoms with E-state index in [1.54, 1.807) is 0 Å². The molecule has 0 aromatic heterocycles. The fourth-order valence-electron chi connectivity index (χ4n) is 2.38. The van der Waals surface area contributed by atoms with Gasteiger partial charge in [-0.25, -0.2) is 8.42 Å². The molecule has 2 rings (SSSR count). The molecule has 7 heteroatoms. The molecule has 1 aliphatic rings. The normalized spacial score (nSPS) is 21.9. The number of sulfone groups is 1. The minimum Gasteiger partial charge on any atom is -0.347 e. The predicted molar refractivity (Wildman–Crippen MR) is 81.9 cm³/mol. The van der Waals surface area contributed by atoms with Crippen LogP contribution in [0, 0.1) is 0 Å². The number of carbonyl (C=O) groups is 1. The molecule has 0 radical (unpaired) electrons. The third-order valence-corrected chi connectivity index (χ3v) is 5.67. The summed E-state index contributed by atoms with van der Waals surface area (Å²) in [6.45, 7) is 2.29. The lowest BCUT2D eigenvalue weighted by molar-refractivity contribution is -0.682. The van der Waals surface area contributed by atoms with E-state index in [9.17, 15) is 13.2 Å². The van der Waals surface area contributed by atoms with E-state index in [0.717, 1.165) is 5.56 Å². The van der Waals surface area contributed by atoms with Gasteiger partial charge >= 0.3 is 0 Å². The summed E-state index contributed by atoms with van der Waals surface area (Å²) in [5.41, 5.74) is 1.09. The maximum atomic E-state index is 11.8. The maximum Gasteiger partial charge on any atom is 0.275 e. The highest BCUT2D eigenvalue weighted by Gasteiger charge is 2.29. The lowest BCUT2D eigenvalue weighted by Crippen LogP contribution is -2.87. The molecule has 0 aliphatic carbocycles. The maximum absolute atomic E-state index is 11.8. The Morgan fingerprint density at radius 2 is 2.10 bits per heavy atom. The monoisotopic (exact) mass is 331 g/mol. The number of halogens is 1. The zero-order valence-electron chi connectivity index (χ0n) is 11.9.